The van der Waals surface area contributed by atoms with Crippen LogP contribution < -0.4 is 0 Å². The van der Waals surface area contributed by atoms with Gasteiger partial charge in [0.05, 0.1) is 11.1 Å². The van der Waals surface area contributed by atoms with Crippen LogP contribution in [0.3, 0.4) is 0 Å². The van der Waals surface area contributed by atoms with E-state index in [9.17, 15) is 9.50 Å². The molecule has 0 amide bonds. The van der Waals surface area contributed by atoms with Crippen molar-refractivity contribution in [3.63, 3.8) is 0 Å². The first-order chi connectivity index (χ1) is 8.95. The van der Waals surface area contributed by atoms with E-state index in [1.165, 1.54) is 12.1 Å². The molecule has 0 aliphatic rings. The summed E-state index contributed by atoms with van der Waals surface area (Å²) in [5.74, 6) is -0.322. The first kappa shape index (κ1) is 15.2. The van der Waals surface area contributed by atoms with E-state index >= 15 is 0 Å². The van der Waals surface area contributed by atoms with Crippen molar-refractivity contribution < 1.29 is 9.50 Å². The minimum absolute atomic E-state index is 0.322. The van der Waals surface area contributed by atoms with Crippen LogP contribution in [0.25, 0.3) is 0 Å². The molecule has 19 heavy (non-hydrogen) atoms. The largest absolute Gasteiger partial charge is 0.388 e. The van der Waals surface area contributed by atoms with E-state index in [2.05, 4.69) is 38.5 Å². The highest BCUT2D eigenvalue weighted by Crippen LogP contribution is 2.26. The van der Waals surface area contributed by atoms with Crippen molar-refractivity contribution in [3.8, 4) is 0 Å². The molecule has 1 nitrogen and oxygen atoms in total. The average Bonchev–Trinajstić information content (AvgIpc) is 2.31. The lowest BCUT2D eigenvalue weighted by Crippen LogP contribution is -2.02. The number of halogens is 4. The Kier molecular flexibility index (Phi) is 5.22. The molecule has 100 valence electrons. The molecule has 0 bridgehead atoms. The zero-order valence-electron chi connectivity index (χ0n) is 9.71. The standard InChI is InChI=1S/C14H10BrClFIO/c15-10-3-8(4-11(17)7-10)5-14(19)9-1-2-13(18)12(16)6-9/h1-4,6-7,14,19H,5H2. The molecule has 0 aromatic heterocycles. The monoisotopic (exact) mass is 454 g/mol. The minimum atomic E-state index is -0.705. The third-order valence-corrected chi connectivity index (χ3v) is 4.71. The number of aliphatic hydroxyl groups excluding tert-OH is 1. The molecule has 0 fully saturated rings. The van der Waals surface area contributed by atoms with Crippen LogP contribution >= 0.6 is 50.1 Å². The maximum atomic E-state index is 13.3. The van der Waals surface area contributed by atoms with Crippen LogP contribution in [0, 0.1) is 9.39 Å². The Hall–Kier alpha value is -0.170. The van der Waals surface area contributed by atoms with Crippen LogP contribution in [-0.4, -0.2) is 5.11 Å². The third-order valence-electron chi connectivity index (χ3n) is 2.68. The lowest BCUT2D eigenvalue weighted by atomic mass is 10.0. The fraction of sp³-hybridized carbons (Fsp3) is 0.143. The predicted molar refractivity (Wildman–Crippen MR) is 86.9 cm³/mol. The van der Waals surface area contributed by atoms with Crippen molar-refractivity contribution in [1.29, 1.82) is 0 Å². The summed E-state index contributed by atoms with van der Waals surface area (Å²) < 4.78 is 14.9. The molecule has 1 atom stereocenters. The van der Waals surface area contributed by atoms with Crippen molar-refractivity contribution in [1.82, 2.24) is 0 Å². The Labute approximate surface area is 138 Å². The van der Waals surface area contributed by atoms with E-state index in [1.807, 2.05) is 12.1 Å². The lowest BCUT2D eigenvalue weighted by molar-refractivity contribution is 0.178. The summed E-state index contributed by atoms with van der Waals surface area (Å²) in [5, 5.41) is 10.8. The second kappa shape index (κ2) is 6.52. The van der Waals surface area contributed by atoms with Gasteiger partial charge in [-0.2, -0.15) is 0 Å². The molecule has 5 heteroatoms. The van der Waals surface area contributed by atoms with Gasteiger partial charge in [0.2, 0.25) is 0 Å². The third kappa shape index (κ3) is 4.15. The summed E-state index contributed by atoms with van der Waals surface area (Å²) in [7, 11) is 0. The van der Waals surface area contributed by atoms with Gasteiger partial charge in [0, 0.05) is 14.5 Å². The molecule has 1 unspecified atom stereocenters. The highest BCUT2D eigenvalue weighted by Gasteiger charge is 2.11. The molecule has 2 aromatic carbocycles. The second-order valence-electron chi connectivity index (χ2n) is 4.17. The topological polar surface area (TPSA) is 20.2 Å². The van der Waals surface area contributed by atoms with Crippen LogP contribution in [0.2, 0.25) is 5.02 Å². The van der Waals surface area contributed by atoms with E-state index in [4.69, 9.17) is 11.6 Å². The molecule has 0 radical (unpaired) electrons. The van der Waals surface area contributed by atoms with Crippen LogP contribution in [0.4, 0.5) is 4.39 Å². The van der Waals surface area contributed by atoms with Crippen molar-refractivity contribution in [3.05, 3.63) is 66.4 Å². The normalized spacial score (nSPS) is 12.5. The average molecular weight is 455 g/mol. The summed E-state index contributed by atoms with van der Waals surface area (Å²) in [6, 6.07) is 10.0. The van der Waals surface area contributed by atoms with Crippen LogP contribution in [0.1, 0.15) is 17.2 Å². The summed E-state index contributed by atoms with van der Waals surface area (Å²) in [6.07, 6.45) is -0.365. The SMILES string of the molecule is OC(Cc1cc(F)cc(Br)c1)c1ccc(I)c(Cl)c1. The smallest absolute Gasteiger partial charge is 0.124 e. The van der Waals surface area contributed by atoms with E-state index in [0.717, 1.165) is 14.7 Å². The quantitative estimate of drug-likeness (QED) is 0.637. The number of benzene rings is 2. The Morgan fingerprint density at radius 2 is 2.00 bits per heavy atom. The molecule has 0 saturated heterocycles. The van der Waals surface area contributed by atoms with Crippen molar-refractivity contribution in [2.75, 3.05) is 0 Å². The van der Waals surface area contributed by atoms with E-state index in [-0.39, 0.29) is 5.82 Å². The van der Waals surface area contributed by atoms with Gasteiger partial charge in [0.15, 0.2) is 0 Å². The minimum Gasteiger partial charge on any atom is -0.388 e. The van der Waals surface area contributed by atoms with Gasteiger partial charge in [-0.05, 0) is 64.0 Å². The molecule has 0 aliphatic carbocycles. The molecule has 0 heterocycles. The summed E-state index contributed by atoms with van der Waals surface area (Å²) >= 11 is 11.4. The van der Waals surface area contributed by atoms with Gasteiger partial charge in [-0.1, -0.05) is 33.6 Å². The fourth-order valence-electron chi connectivity index (χ4n) is 1.79. The van der Waals surface area contributed by atoms with E-state index in [0.29, 0.717) is 15.9 Å². The molecule has 1 N–H and O–H groups in total. The Morgan fingerprint density at radius 3 is 2.63 bits per heavy atom. The zero-order valence-corrected chi connectivity index (χ0v) is 14.2. The zero-order chi connectivity index (χ0) is 14.0. The Morgan fingerprint density at radius 1 is 1.26 bits per heavy atom. The van der Waals surface area contributed by atoms with Gasteiger partial charge in [-0.15, -0.1) is 0 Å². The van der Waals surface area contributed by atoms with Gasteiger partial charge in [-0.3, -0.25) is 0 Å². The van der Waals surface area contributed by atoms with Crippen LogP contribution in [0.5, 0.6) is 0 Å². The van der Waals surface area contributed by atoms with Crippen molar-refractivity contribution >= 4 is 50.1 Å². The van der Waals surface area contributed by atoms with Crippen molar-refractivity contribution in [2.24, 2.45) is 0 Å². The molecule has 0 spiro atoms. The summed E-state index contributed by atoms with van der Waals surface area (Å²) in [5.41, 5.74) is 1.46. The molecule has 0 saturated carbocycles. The predicted octanol–water partition coefficient (Wildman–Crippen LogP) is 5.12. The number of hydrogen-bond donors (Lipinski definition) is 1. The van der Waals surface area contributed by atoms with Crippen molar-refractivity contribution in [2.45, 2.75) is 12.5 Å². The second-order valence-corrected chi connectivity index (χ2v) is 6.66. The first-order valence-electron chi connectivity index (χ1n) is 5.53. The van der Waals surface area contributed by atoms with Gasteiger partial charge in [0.25, 0.3) is 0 Å². The fourth-order valence-corrected chi connectivity index (χ4v) is 2.83. The van der Waals surface area contributed by atoms with E-state index in [1.54, 1.807) is 12.1 Å². The maximum absolute atomic E-state index is 13.3. The molecular weight excluding hydrogens is 445 g/mol. The van der Waals surface area contributed by atoms with Crippen LogP contribution in [0.15, 0.2) is 40.9 Å². The lowest BCUT2D eigenvalue weighted by Gasteiger charge is -2.12. The molecule has 0 aliphatic heterocycles. The Bertz CT molecular complexity index is 586. The van der Waals surface area contributed by atoms with E-state index < -0.39 is 6.10 Å². The number of aliphatic hydroxyl groups is 1. The highest BCUT2D eigenvalue weighted by atomic mass is 127. The maximum Gasteiger partial charge on any atom is 0.124 e. The summed E-state index contributed by atoms with van der Waals surface area (Å²) in [4.78, 5) is 0. The first-order valence-corrected chi connectivity index (χ1v) is 7.78. The molecule has 2 rings (SSSR count). The Balaban J connectivity index is 2.20. The van der Waals surface area contributed by atoms with Gasteiger partial charge in [-0.25, -0.2) is 4.39 Å². The van der Waals surface area contributed by atoms with Gasteiger partial charge >= 0.3 is 0 Å². The summed E-state index contributed by atoms with van der Waals surface area (Å²) in [6.45, 7) is 0. The number of rotatable bonds is 3. The molecule has 2 aromatic rings. The highest BCUT2D eigenvalue weighted by molar-refractivity contribution is 14.1. The van der Waals surface area contributed by atoms with Gasteiger partial charge in [0.1, 0.15) is 5.82 Å². The molecular formula is C14H10BrClFIO. The van der Waals surface area contributed by atoms with Gasteiger partial charge < -0.3 is 5.11 Å². The van der Waals surface area contributed by atoms with Crippen LogP contribution in [-0.2, 0) is 6.42 Å². The number of hydrogen-bond acceptors (Lipinski definition) is 1.